The second-order valence-electron chi connectivity index (χ2n) is 7.56. The number of para-hydroxylation sites is 3. The number of carbonyl (C=O) groups is 2. The third-order valence-corrected chi connectivity index (χ3v) is 5.40. The van der Waals surface area contributed by atoms with E-state index >= 15 is 0 Å². The number of oxazole rings is 1. The minimum absolute atomic E-state index is 0.226. The van der Waals surface area contributed by atoms with Gasteiger partial charge in [0.05, 0.1) is 18.7 Å². The Hall–Kier alpha value is -3.59. The van der Waals surface area contributed by atoms with Crippen LogP contribution in [0, 0.1) is 0 Å². The van der Waals surface area contributed by atoms with E-state index in [0.29, 0.717) is 36.4 Å². The first-order chi connectivity index (χ1) is 15.6. The molecule has 1 aliphatic heterocycles. The normalized spacial score (nSPS) is 18.1. The Labute approximate surface area is 184 Å². The molecule has 0 saturated carbocycles. The lowest BCUT2D eigenvalue weighted by Gasteiger charge is -2.23. The number of nitrogens with one attached hydrogen (secondary N) is 1. The number of ether oxygens (including phenoxy) is 2. The average Bonchev–Trinajstić information content (AvgIpc) is 3.36. The van der Waals surface area contributed by atoms with Gasteiger partial charge in [-0.05, 0) is 24.3 Å². The molecule has 9 nitrogen and oxygen atoms in total. The largest absolute Gasteiger partial charge is 0.488 e. The number of carbonyl (C=O) groups excluding carboxylic acids is 2. The summed E-state index contributed by atoms with van der Waals surface area (Å²) in [6, 6.07) is 15.5. The van der Waals surface area contributed by atoms with Crippen LogP contribution in [0.1, 0.15) is 6.42 Å². The summed E-state index contributed by atoms with van der Waals surface area (Å²) in [6.45, 7) is 0.715. The van der Waals surface area contributed by atoms with Crippen molar-refractivity contribution in [3.8, 4) is 5.75 Å². The fourth-order valence-corrected chi connectivity index (χ4v) is 3.88. The Morgan fingerprint density at radius 2 is 1.88 bits per heavy atom. The first-order valence-corrected chi connectivity index (χ1v) is 10.4. The molecule has 0 unspecified atom stereocenters. The summed E-state index contributed by atoms with van der Waals surface area (Å²) in [5.74, 6) is -0.581. The molecule has 3 aromatic rings. The number of aromatic nitrogens is 1. The Kier molecular flexibility index (Phi) is 6.55. The van der Waals surface area contributed by atoms with E-state index in [1.165, 1.54) is 9.47 Å². The number of hydrogen-bond acceptors (Lipinski definition) is 6. The number of fused-ring (bicyclic) bond motifs is 1. The third kappa shape index (κ3) is 4.67. The first-order valence-electron chi connectivity index (χ1n) is 10.4. The number of amides is 2. The molecule has 2 heterocycles. The van der Waals surface area contributed by atoms with E-state index in [2.05, 4.69) is 5.32 Å². The van der Waals surface area contributed by atoms with E-state index in [-0.39, 0.29) is 31.0 Å². The third-order valence-electron chi connectivity index (χ3n) is 5.40. The van der Waals surface area contributed by atoms with Crippen LogP contribution in [0.15, 0.2) is 63.8 Å². The summed E-state index contributed by atoms with van der Waals surface area (Å²) in [4.78, 5) is 39.8. The minimum atomic E-state index is -0.707. The van der Waals surface area contributed by atoms with Crippen LogP contribution in [0.5, 0.6) is 5.75 Å². The molecule has 2 amide bonds. The molecule has 0 radical (unpaired) electrons. The van der Waals surface area contributed by atoms with E-state index < -0.39 is 11.8 Å². The van der Waals surface area contributed by atoms with Crippen molar-refractivity contribution in [3.05, 3.63) is 65.1 Å². The molecule has 4 rings (SSSR count). The van der Waals surface area contributed by atoms with Gasteiger partial charge in [0, 0.05) is 20.1 Å². The van der Waals surface area contributed by atoms with Gasteiger partial charge in [0.2, 0.25) is 11.8 Å². The topological polar surface area (TPSA) is 103 Å². The van der Waals surface area contributed by atoms with Crippen molar-refractivity contribution in [1.82, 2.24) is 14.8 Å². The zero-order chi connectivity index (χ0) is 22.5. The zero-order valence-corrected chi connectivity index (χ0v) is 17.7. The second-order valence-corrected chi connectivity index (χ2v) is 7.56. The van der Waals surface area contributed by atoms with Crippen LogP contribution in [-0.4, -0.2) is 60.2 Å². The smallest absolute Gasteiger partial charge is 0.420 e. The van der Waals surface area contributed by atoms with Gasteiger partial charge in [0.1, 0.15) is 24.4 Å². The molecule has 1 saturated heterocycles. The Bertz CT molecular complexity index is 1140. The van der Waals surface area contributed by atoms with Gasteiger partial charge >= 0.3 is 5.76 Å². The lowest BCUT2D eigenvalue weighted by Crippen LogP contribution is -2.48. The number of likely N-dealkylation sites (tertiary alicyclic amines) is 1. The summed E-state index contributed by atoms with van der Waals surface area (Å²) in [5, 5.41) is 2.79. The molecule has 32 heavy (non-hydrogen) atoms. The van der Waals surface area contributed by atoms with Crippen molar-refractivity contribution in [3.63, 3.8) is 0 Å². The highest BCUT2D eigenvalue weighted by molar-refractivity contribution is 5.89. The summed E-state index contributed by atoms with van der Waals surface area (Å²) < 4.78 is 17.5. The van der Waals surface area contributed by atoms with Crippen molar-refractivity contribution in [2.75, 3.05) is 26.8 Å². The van der Waals surface area contributed by atoms with E-state index in [1.54, 1.807) is 31.4 Å². The Morgan fingerprint density at radius 1 is 1.12 bits per heavy atom. The molecule has 2 atom stereocenters. The lowest BCUT2D eigenvalue weighted by atomic mass is 10.2. The highest BCUT2D eigenvalue weighted by Crippen LogP contribution is 2.24. The fraction of sp³-hybridized carbons (Fsp3) is 0.348. The van der Waals surface area contributed by atoms with E-state index in [1.807, 2.05) is 30.3 Å². The first kappa shape index (κ1) is 21.6. The van der Waals surface area contributed by atoms with Gasteiger partial charge in [0.15, 0.2) is 5.58 Å². The highest BCUT2D eigenvalue weighted by Gasteiger charge is 2.40. The molecule has 0 aliphatic carbocycles. The van der Waals surface area contributed by atoms with Gasteiger partial charge < -0.3 is 24.1 Å². The second kappa shape index (κ2) is 9.69. The van der Waals surface area contributed by atoms with Crippen molar-refractivity contribution >= 4 is 22.9 Å². The molecule has 0 spiro atoms. The minimum Gasteiger partial charge on any atom is -0.488 e. The van der Waals surface area contributed by atoms with Crippen LogP contribution in [0.3, 0.4) is 0 Å². The standard InChI is InChI=1S/C23H25N3O6/c1-30-12-11-24-22(28)19-13-17(31-16-7-3-2-4-8-16)14-25(19)21(27)15-26-18-9-5-6-10-20(18)32-23(26)29/h2-10,17,19H,11-15H2,1H3,(H,24,28)/t17-,19-/m0/s1. The van der Waals surface area contributed by atoms with Gasteiger partial charge in [-0.3, -0.25) is 14.2 Å². The summed E-state index contributed by atoms with van der Waals surface area (Å²) in [6.07, 6.45) is -0.00198. The van der Waals surface area contributed by atoms with Crippen LogP contribution >= 0.6 is 0 Å². The highest BCUT2D eigenvalue weighted by atomic mass is 16.5. The molecule has 1 aromatic heterocycles. The molecule has 1 N–H and O–H groups in total. The molecule has 168 valence electrons. The zero-order valence-electron chi connectivity index (χ0n) is 17.7. The number of benzene rings is 2. The maximum Gasteiger partial charge on any atom is 0.420 e. The lowest BCUT2D eigenvalue weighted by molar-refractivity contribution is -0.139. The number of nitrogens with zero attached hydrogens (tertiary/aromatic N) is 2. The monoisotopic (exact) mass is 439 g/mol. The van der Waals surface area contributed by atoms with E-state index in [9.17, 15) is 14.4 Å². The molecular formula is C23H25N3O6. The molecular weight excluding hydrogens is 414 g/mol. The summed E-state index contributed by atoms with van der Waals surface area (Å²) in [7, 11) is 1.55. The number of hydrogen-bond donors (Lipinski definition) is 1. The predicted molar refractivity (Wildman–Crippen MR) is 116 cm³/mol. The van der Waals surface area contributed by atoms with Gasteiger partial charge in [-0.2, -0.15) is 0 Å². The van der Waals surface area contributed by atoms with Crippen LogP contribution in [0.2, 0.25) is 0 Å². The summed E-state index contributed by atoms with van der Waals surface area (Å²) >= 11 is 0. The van der Waals surface area contributed by atoms with Crippen molar-refractivity contribution in [1.29, 1.82) is 0 Å². The Morgan fingerprint density at radius 3 is 2.66 bits per heavy atom. The quantitative estimate of drug-likeness (QED) is 0.533. The molecule has 2 aromatic carbocycles. The predicted octanol–water partition coefficient (Wildman–Crippen LogP) is 1.41. The van der Waals surface area contributed by atoms with Crippen LogP contribution in [0.4, 0.5) is 0 Å². The van der Waals surface area contributed by atoms with Gasteiger partial charge in [-0.15, -0.1) is 0 Å². The summed E-state index contributed by atoms with van der Waals surface area (Å²) in [5.41, 5.74) is 0.939. The maximum atomic E-state index is 13.2. The molecule has 1 fully saturated rings. The van der Waals surface area contributed by atoms with E-state index in [4.69, 9.17) is 13.9 Å². The van der Waals surface area contributed by atoms with Crippen LogP contribution in [-0.2, 0) is 20.9 Å². The SMILES string of the molecule is COCCNC(=O)[C@@H]1C[C@H](Oc2ccccc2)CN1C(=O)Cn1c(=O)oc2ccccc21. The fourth-order valence-electron chi connectivity index (χ4n) is 3.88. The van der Waals surface area contributed by atoms with Crippen LogP contribution < -0.4 is 15.8 Å². The molecule has 1 aliphatic rings. The van der Waals surface area contributed by atoms with Crippen molar-refractivity contribution < 1.29 is 23.5 Å². The molecule has 0 bridgehead atoms. The number of methoxy groups -OCH3 is 1. The van der Waals surface area contributed by atoms with Gasteiger partial charge in [-0.1, -0.05) is 30.3 Å². The van der Waals surface area contributed by atoms with Gasteiger partial charge in [-0.25, -0.2) is 4.79 Å². The van der Waals surface area contributed by atoms with Gasteiger partial charge in [0.25, 0.3) is 0 Å². The average molecular weight is 439 g/mol. The maximum absolute atomic E-state index is 13.2. The van der Waals surface area contributed by atoms with Crippen LogP contribution in [0.25, 0.3) is 11.1 Å². The Balaban J connectivity index is 1.53. The molecule has 9 heteroatoms. The van der Waals surface area contributed by atoms with Crippen molar-refractivity contribution in [2.45, 2.75) is 25.1 Å². The number of rotatable bonds is 8. The van der Waals surface area contributed by atoms with E-state index in [0.717, 1.165) is 0 Å². The van der Waals surface area contributed by atoms with Crippen molar-refractivity contribution in [2.24, 2.45) is 0 Å².